The van der Waals surface area contributed by atoms with Crippen LogP contribution in [-0.2, 0) is 27.2 Å². The Morgan fingerprint density at radius 1 is 1.35 bits per heavy atom. The largest absolute Gasteiger partial charge is 0.466 e. The van der Waals surface area contributed by atoms with E-state index < -0.39 is 0 Å². The molecule has 20 heavy (non-hydrogen) atoms. The molecule has 4 nitrogen and oxygen atoms in total. The number of hydrogen-bond acceptors (Lipinski definition) is 4. The zero-order chi connectivity index (χ0) is 14.5. The molecule has 0 N–H and O–H groups in total. The first kappa shape index (κ1) is 14.6. The highest BCUT2D eigenvalue weighted by atomic mass is 16.5. The number of esters is 1. The SMILES string of the molecule is CCOC(=O)CCN1CC(=O)Cc2cc(CC)ccc21. The van der Waals surface area contributed by atoms with Gasteiger partial charge in [0.05, 0.1) is 19.6 Å². The van der Waals surface area contributed by atoms with Crippen molar-refractivity contribution in [3.63, 3.8) is 0 Å². The Morgan fingerprint density at radius 3 is 2.85 bits per heavy atom. The van der Waals surface area contributed by atoms with E-state index in [1.54, 1.807) is 6.92 Å². The Bertz CT molecular complexity index is 510. The summed E-state index contributed by atoms with van der Waals surface area (Å²) >= 11 is 0. The number of aryl methyl sites for hydroxylation is 1. The molecule has 4 heteroatoms. The van der Waals surface area contributed by atoms with Crippen molar-refractivity contribution < 1.29 is 14.3 Å². The van der Waals surface area contributed by atoms with Gasteiger partial charge in [-0.3, -0.25) is 9.59 Å². The lowest BCUT2D eigenvalue weighted by atomic mass is 9.97. The molecule has 0 bridgehead atoms. The van der Waals surface area contributed by atoms with E-state index >= 15 is 0 Å². The maximum atomic E-state index is 11.8. The lowest BCUT2D eigenvalue weighted by Crippen LogP contribution is -2.37. The second kappa shape index (κ2) is 6.55. The van der Waals surface area contributed by atoms with Gasteiger partial charge in [-0.1, -0.05) is 19.1 Å². The number of carbonyl (C=O) groups is 2. The second-order valence-corrected chi connectivity index (χ2v) is 5.01. The maximum Gasteiger partial charge on any atom is 0.307 e. The van der Waals surface area contributed by atoms with E-state index in [4.69, 9.17) is 4.74 Å². The number of rotatable bonds is 5. The Hall–Kier alpha value is -1.84. The van der Waals surface area contributed by atoms with Crippen molar-refractivity contribution >= 4 is 17.4 Å². The molecule has 0 saturated carbocycles. The molecule has 0 radical (unpaired) electrons. The van der Waals surface area contributed by atoms with Gasteiger partial charge in [0.2, 0.25) is 0 Å². The molecular weight excluding hydrogens is 254 g/mol. The van der Waals surface area contributed by atoms with Crippen LogP contribution in [-0.4, -0.2) is 31.4 Å². The Labute approximate surface area is 119 Å². The van der Waals surface area contributed by atoms with Crippen molar-refractivity contribution in [2.45, 2.75) is 33.1 Å². The minimum absolute atomic E-state index is 0.203. The van der Waals surface area contributed by atoms with Crippen molar-refractivity contribution in [3.05, 3.63) is 29.3 Å². The molecule has 1 aliphatic heterocycles. The van der Waals surface area contributed by atoms with Crippen molar-refractivity contribution in [3.8, 4) is 0 Å². The van der Waals surface area contributed by atoms with Crippen molar-refractivity contribution in [2.24, 2.45) is 0 Å². The quantitative estimate of drug-likeness (QED) is 0.772. The van der Waals surface area contributed by atoms with Crippen LogP contribution in [0.15, 0.2) is 18.2 Å². The molecule has 0 unspecified atom stereocenters. The lowest BCUT2D eigenvalue weighted by molar-refractivity contribution is -0.142. The number of anilines is 1. The molecule has 0 aliphatic carbocycles. The second-order valence-electron chi connectivity index (χ2n) is 5.01. The average molecular weight is 275 g/mol. The van der Waals surface area contributed by atoms with Crippen LogP contribution in [0.2, 0.25) is 0 Å². The molecule has 1 aromatic carbocycles. The van der Waals surface area contributed by atoms with Crippen LogP contribution < -0.4 is 4.90 Å². The highest BCUT2D eigenvalue weighted by molar-refractivity contribution is 5.90. The zero-order valence-electron chi connectivity index (χ0n) is 12.1. The summed E-state index contributed by atoms with van der Waals surface area (Å²) in [5, 5.41) is 0. The molecule has 1 aliphatic rings. The van der Waals surface area contributed by atoms with Crippen molar-refractivity contribution in [1.82, 2.24) is 0 Å². The summed E-state index contributed by atoms with van der Waals surface area (Å²) in [6.45, 7) is 5.21. The van der Waals surface area contributed by atoms with Gasteiger partial charge in [0.1, 0.15) is 0 Å². The normalized spacial score (nSPS) is 14.1. The number of Topliss-reactive ketones (excluding diaryl/α,β-unsaturated/α-hetero) is 1. The molecule has 0 saturated heterocycles. The van der Waals surface area contributed by atoms with E-state index in [9.17, 15) is 9.59 Å². The molecule has 0 amide bonds. The van der Waals surface area contributed by atoms with Gasteiger partial charge in [-0.15, -0.1) is 0 Å². The summed E-state index contributed by atoms with van der Waals surface area (Å²) in [7, 11) is 0. The molecule has 0 fully saturated rings. The molecular formula is C16H21NO3. The van der Waals surface area contributed by atoms with Crippen LogP contribution in [0.1, 0.15) is 31.4 Å². The van der Waals surface area contributed by atoms with Crippen LogP contribution in [0.5, 0.6) is 0 Å². The number of fused-ring (bicyclic) bond motifs is 1. The van der Waals surface area contributed by atoms with Gasteiger partial charge in [-0.2, -0.15) is 0 Å². The summed E-state index contributed by atoms with van der Waals surface area (Å²) in [6.07, 6.45) is 1.78. The van der Waals surface area contributed by atoms with Crippen LogP contribution in [0.3, 0.4) is 0 Å². The van der Waals surface area contributed by atoms with E-state index in [1.807, 2.05) is 4.90 Å². The Kier molecular flexibility index (Phi) is 4.77. The average Bonchev–Trinajstić information content (AvgIpc) is 2.44. The predicted molar refractivity (Wildman–Crippen MR) is 78.0 cm³/mol. The molecule has 0 spiro atoms. The van der Waals surface area contributed by atoms with Crippen molar-refractivity contribution in [2.75, 3.05) is 24.6 Å². The topological polar surface area (TPSA) is 46.6 Å². The fourth-order valence-corrected chi connectivity index (χ4v) is 2.53. The van der Waals surface area contributed by atoms with E-state index in [1.165, 1.54) is 5.56 Å². The molecule has 0 atom stereocenters. The number of hydrogen-bond donors (Lipinski definition) is 0. The van der Waals surface area contributed by atoms with Gasteiger partial charge in [0, 0.05) is 18.7 Å². The first-order chi connectivity index (χ1) is 9.63. The van der Waals surface area contributed by atoms with Crippen molar-refractivity contribution in [1.29, 1.82) is 0 Å². The van der Waals surface area contributed by atoms with Crippen LogP contribution >= 0.6 is 0 Å². The Morgan fingerprint density at radius 2 is 2.15 bits per heavy atom. The smallest absolute Gasteiger partial charge is 0.307 e. The summed E-state index contributed by atoms with van der Waals surface area (Å²) in [5.41, 5.74) is 3.39. The molecule has 1 heterocycles. The fourth-order valence-electron chi connectivity index (χ4n) is 2.53. The maximum absolute atomic E-state index is 11.8. The third-order valence-electron chi connectivity index (χ3n) is 3.54. The first-order valence-corrected chi connectivity index (χ1v) is 7.18. The number of benzene rings is 1. The summed E-state index contributed by atoms with van der Waals surface area (Å²) in [6, 6.07) is 6.25. The number of carbonyl (C=O) groups excluding carboxylic acids is 2. The van der Waals surface area contributed by atoms with Gasteiger partial charge >= 0.3 is 5.97 Å². The molecule has 0 aromatic heterocycles. The van der Waals surface area contributed by atoms with Gasteiger partial charge in [0.15, 0.2) is 5.78 Å². The zero-order valence-corrected chi connectivity index (χ0v) is 12.1. The molecule has 2 rings (SSSR count). The molecule has 108 valence electrons. The van der Waals surface area contributed by atoms with Gasteiger partial charge in [-0.05, 0) is 30.5 Å². The van der Waals surface area contributed by atoms with Crippen LogP contribution in [0, 0.1) is 0 Å². The summed E-state index contributed by atoms with van der Waals surface area (Å²) < 4.78 is 4.93. The number of nitrogens with zero attached hydrogens (tertiary/aromatic N) is 1. The summed E-state index contributed by atoms with van der Waals surface area (Å²) in [4.78, 5) is 25.3. The minimum atomic E-state index is -0.211. The van der Waals surface area contributed by atoms with Gasteiger partial charge < -0.3 is 9.64 Å². The number of ether oxygens (including phenoxy) is 1. The predicted octanol–water partition coefficient (Wildman–Crippen LogP) is 2.13. The first-order valence-electron chi connectivity index (χ1n) is 7.18. The third-order valence-corrected chi connectivity index (χ3v) is 3.54. The van der Waals surface area contributed by atoms with E-state index in [0.717, 1.165) is 17.7 Å². The fraction of sp³-hybridized carbons (Fsp3) is 0.500. The molecule has 1 aromatic rings. The summed E-state index contributed by atoms with van der Waals surface area (Å²) in [5.74, 6) is -0.00753. The van der Waals surface area contributed by atoms with Gasteiger partial charge in [-0.25, -0.2) is 0 Å². The van der Waals surface area contributed by atoms with E-state index in [2.05, 4.69) is 25.1 Å². The lowest BCUT2D eigenvalue weighted by Gasteiger charge is -2.30. The highest BCUT2D eigenvalue weighted by Crippen LogP contribution is 2.27. The third kappa shape index (κ3) is 3.38. The van der Waals surface area contributed by atoms with Crippen LogP contribution in [0.25, 0.3) is 0 Å². The Balaban J connectivity index is 2.11. The number of ketones is 1. The van der Waals surface area contributed by atoms with Gasteiger partial charge in [0.25, 0.3) is 0 Å². The minimum Gasteiger partial charge on any atom is -0.466 e. The standard InChI is InChI=1S/C16H21NO3/c1-3-12-5-6-15-13(9-12)10-14(18)11-17(15)8-7-16(19)20-4-2/h5-6,9H,3-4,7-8,10-11H2,1-2H3. The monoisotopic (exact) mass is 275 g/mol. The van der Waals surface area contributed by atoms with Crippen LogP contribution in [0.4, 0.5) is 5.69 Å². The van der Waals surface area contributed by atoms with E-state index in [-0.39, 0.29) is 11.8 Å². The van der Waals surface area contributed by atoms with E-state index in [0.29, 0.717) is 32.5 Å². The highest BCUT2D eigenvalue weighted by Gasteiger charge is 2.22.